The van der Waals surface area contributed by atoms with Crippen LogP contribution in [0.3, 0.4) is 0 Å². The summed E-state index contributed by atoms with van der Waals surface area (Å²) in [7, 11) is 6.88. The Balaban J connectivity index is 0.00000220. The van der Waals surface area contributed by atoms with E-state index in [2.05, 4.69) is 23.9 Å². The molecule has 0 atom stereocenters. The minimum atomic E-state index is -0.247. The number of hydrogen-bond acceptors (Lipinski definition) is 5. The van der Waals surface area contributed by atoms with Gasteiger partial charge in [0.2, 0.25) is 0 Å². The van der Waals surface area contributed by atoms with Gasteiger partial charge in [-0.15, -0.1) is 0 Å². The van der Waals surface area contributed by atoms with E-state index in [0.717, 1.165) is 0 Å². The Hall–Kier alpha value is -1.14. The topological polar surface area (TPSA) is 67.5 Å². The van der Waals surface area contributed by atoms with Gasteiger partial charge in [0.05, 0.1) is 25.1 Å². The van der Waals surface area contributed by atoms with Crippen LogP contribution in [0.25, 0.3) is 10.9 Å². The van der Waals surface area contributed by atoms with E-state index < -0.39 is 0 Å². The predicted molar refractivity (Wildman–Crippen MR) is 78.1 cm³/mol. The van der Waals surface area contributed by atoms with Crippen molar-refractivity contribution in [3.8, 4) is 11.5 Å². The molecule has 111 valence electrons. The molecular weight excluding hydrogens is 347 g/mol. The molecule has 6 nitrogen and oxygen atoms in total. The molecule has 0 saturated carbocycles. The van der Waals surface area contributed by atoms with E-state index in [9.17, 15) is 4.79 Å². The van der Waals surface area contributed by atoms with Gasteiger partial charge in [0.1, 0.15) is 0 Å². The van der Waals surface area contributed by atoms with Crippen LogP contribution >= 0.6 is 0 Å². The van der Waals surface area contributed by atoms with Crippen molar-refractivity contribution in [1.82, 2.24) is 9.97 Å². The molecule has 0 saturated heterocycles. The average molecular weight is 364 g/mol. The normalized spacial score (nSPS) is 10.1. The first-order valence-corrected chi connectivity index (χ1v) is 6.14. The summed E-state index contributed by atoms with van der Waals surface area (Å²) in [6.45, 7) is 4.35. The number of benzene rings is 1. The molecule has 7 heteroatoms. The van der Waals surface area contributed by atoms with Crippen molar-refractivity contribution in [2.75, 3.05) is 25.7 Å². The van der Waals surface area contributed by atoms with E-state index in [4.69, 9.17) is 9.47 Å². The van der Waals surface area contributed by atoms with Gasteiger partial charge in [0.15, 0.2) is 17.4 Å². The second kappa shape index (κ2) is 7.75. The number of H-pyrrole nitrogens is 1. The van der Waals surface area contributed by atoms with Crippen LogP contribution in [0.5, 0.6) is 11.5 Å². The third-order valence-corrected chi connectivity index (χ3v) is 2.93. The van der Waals surface area contributed by atoms with Crippen molar-refractivity contribution in [1.29, 1.82) is 0 Å². The first-order valence-electron chi connectivity index (χ1n) is 6.14. The number of methoxy groups -OCH3 is 2. The number of anilines is 1. The fraction of sp³-hybridized carbons (Fsp3) is 0.286. The smallest absolute Gasteiger partial charge is 0.260 e. The van der Waals surface area contributed by atoms with Gasteiger partial charge in [-0.1, -0.05) is 0 Å². The van der Waals surface area contributed by atoms with Gasteiger partial charge >= 0.3 is 0 Å². The van der Waals surface area contributed by atoms with Gasteiger partial charge in [0, 0.05) is 38.8 Å². The molecule has 1 aromatic carbocycles. The Morgan fingerprint density at radius 1 is 1.29 bits per heavy atom. The molecule has 0 unspecified atom stereocenters. The van der Waals surface area contributed by atoms with Crippen molar-refractivity contribution >= 4 is 16.9 Å². The van der Waals surface area contributed by atoms with Gasteiger partial charge in [-0.25, -0.2) is 4.98 Å². The Bertz CT molecular complexity index is 672. The standard InChI is InChI=1S/C14H17N3O3.Y/c1-5-6-17(2)14-15-10-8-12(20-4)11(19-3)7-9(10)13(18)16-14;/h7-8H,1-2,5-6H2,3-4H3,(H,15,16,18);/q-2;. The summed E-state index contributed by atoms with van der Waals surface area (Å²) < 4.78 is 10.4. The number of rotatable bonds is 5. The first-order chi connectivity index (χ1) is 9.60. The molecule has 0 amide bonds. The SMILES string of the molecule is [CH2-]CCN([CH2-])c1nc2cc(OC)c(OC)cc2c(=O)[nH]1.[Y]. The fourth-order valence-corrected chi connectivity index (χ4v) is 1.90. The first kappa shape index (κ1) is 17.9. The minimum absolute atomic E-state index is 0. The molecule has 21 heavy (non-hydrogen) atoms. The molecule has 0 aliphatic carbocycles. The molecule has 1 heterocycles. The van der Waals surface area contributed by atoms with Crippen molar-refractivity contribution in [3.63, 3.8) is 0 Å². The summed E-state index contributed by atoms with van der Waals surface area (Å²) in [6.07, 6.45) is 0.664. The van der Waals surface area contributed by atoms with Gasteiger partial charge in [-0.05, 0) is 12.6 Å². The van der Waals surface area contributed by atoms with Crippen LogP contribution in [0.4, 0.5) is 5.95 Å². The molecule has 2 rings (SSSR count). The molecular formula is C14H17N3O3Y-2. The molecule has 0 spiro atoms. The van der Waals surface area contributed by atoms with Crippen molar-refractivity contribution < 1.29 is 42.2 Å². The molecule has 1 radical (unpaired) electrons. The Kier molecular flexibility index (Phi) is 6.61. The molecule has 2 aromatic rings. The maximum atomic E-state index is 12.1. The number of aromatic nitrogens is 2. The number of fused-ring (bicyclic) bond motifs is 1. The molecule has 0 aliphatic rings. The maximum absolute atomic E-state index is 12.1. The summed E-state index contributed by atoms with van der Waals surface area (Å²) in [6, 6.07) is 3.28. The van der Waals surface area contributed by atoms with Crippen LogP contribution in [-0.4, -0.2) is 30.7 Å². The van der Waals surface area contributed by atoms with Crippen LogP contribution in [0, 0.1) is 14.0 Å². The predicted octanol–water partition coefficient (Wildman–Crippen LogP) is 1.76. The van der Waals surface area contributed by atoms with Gasteiger partial charge in [0.25, 0.3) is 5.56 Å². The number of nitrogens with zero attached hydrogens (tertiary/aromatic N) is 2. The second-order valence-corrected chi connectivity index (χ2v) is 4.23. The van der Waals surface area contributed by atoms with Crippen molar-refractivity contribution in [2.24, 2.45) is 0 Å². The monoisotopic (exact) mass is 364 g/mol. The summed E-state index contributed by atoms with van der Waals surface area (Å²) in [5.41, 5.74) is 0.280. The molecule has 0 bridgehead atoms. The average Bonchev–Trinajstić information content (AvgIpc) is 2.46. The Morgan fingerprint density at radius 3 is 2.48 bits per heavy atom. The number of hydrogen-bond donors (Lipinski definition) is 1. The van der Waals surface area contributed by atoms with Gasteiger partial charge < -0.3 is 21.3 Å². The van der Waals surface area contributed by atoms with E-state index >= 15 is 0 Å². The van der Waals surface area contributed by atoms with Gasteiger partial charge in [-0.2, -0.15) is 6.42 Å². The maximum Gasteiger partial charge on any atom is 0.260 e. The van der Waals surface area contributed by atoms with Crippen molar-refractivity contribution in [2.45, 2.75) is 6.42 Å². The largest absolute Gasteiger partial charge is 0.497 e. The number of nitrogens with one attached hydrogen (secondary N) is 1. The zero-order valence-electron chi connectivity index (χ0n) is 12.2. The summed E-state index contributed by atoms with van der Waals surface area (Å²) in [5.74, 6) is 1.42. The Morgan fingerprint density at radius 2 is 1.90 bits per heavy atom. The van der Waals surface area contributed by atoms with Crippen LogP contribution in [0.2, 0.25) is 0 Å². The fourth-order valence-electron chi connectivity index (χ4n) is 1.90. The third kappa shape index (κ3) is 3.74. The van der Waals surface area contributed by atoms with E-state index in [-0.39, 0.29) is 38.3 Å². The van der Waals surface area contributed by atoms with Crippen LogP contribution < -0.4 is 19.9 Å². The molecule has 0 aliphatic heterocycles. The zero-order chi connectivity index (χ0) is 14.7. The van der Waals surface area contributed by atoms with E-state index in [0.29, 0.717) is 41.3 Å². The number of aromatic amines is 1. The third-order valence-electron chi connectivity index (χ3n) is 2.93. The second-order valence-electron chi connectivity index (χ2n) is 4.23. The minimum Gasteiger partial charge on any atom is -0.497 e. The Labute approximate surface area is 148 Å². The van der Waals surface area contributed by atoms with E-state index in [1.807, 2.05) is 0 Å². The van der Waals surface area contributed by atoms with E-state index in [1.54, 1.807) is 17.0 Å². The summed E-state index contributed by atoms with van der Waals surface area (Å²) >= 11 is 0. The summed E-state index contributed by atoms with van der Waals surface area (Å²) in [4.78, 5) is 20.8. The molecule has 0 fully saturated rings. The molecule has 1 aromatic heterocycles. The van der Waals surface area contributed by atoms with Crippen molar-refractivity contribution in [3.05, 3.63) is 36.5 Å². The van der Waals surface area contributed by atoms with Gasteiger partial charge in [-0.3, -0.25) is 16.8 Å². The summed E-state index contributed by atoms with van der Waals surface area (Å²) in [5, 5.41) is 0.439. The van der Waals surface area contributed by atoms with Crippen LogP contribution in [0.1, 0.15) is 6.42 Å². The molecule has 1 N–H and O–H groups in total. The zero-order valence-corrected chi connectivity index (χ0v) is 15.0. The van der Waals surface area contributed by atoms with Crippen LogP contribution in [0.15, 0.2) is 16.9 Å². The van der Waals surface area contributed by atoms with Crippen LogP contribution in [-0.2, 0) is 32.7 Å². The number of ether oxygens (including phenoxy) is 2. The van der Waals surface area contributed by atoms with E-state index in [1.165, 1.54) is 14.2 Å². The quantitative estimate of drug-likeness (QED) is 0.819.